The number of benzene rings is 2. The monoisotopic (exact) mass is 434 g/mol. The van der Waals surface area contributed by atoms with Gasteiger partial charge >= 0.3 is 0 Å². The number of anilines is 3. The summed E-state index contributed by atoms with van der Waals surface area (Å²) in [6.07, 6.45) is 1.74. The molecule has 4 aromatic rings. The molecule has 4 rings (SSSR count). The largest absolute Gasteiger partial charge is 0.497 e. The molecule has 166 valence electrons. The van der Waals surface area contributed by atoms with Gasteiger partial charge in [-0.05, 0) is 31.2 Å². The molecule has 9 nitrogen and oxygen atoms in total. The molecule has 2 aromatic carbocycles. The number of likely N-dealkylation sites (N-methyl/N-ethyl adjacent to an activating group) is 1. The Bertz CT molecular complexity index is 1200. The fraction of sp³-hybridized carbons (Fsp3) is 0.261. The molecule has 0 saturated heterocycles. The van der Waals surface area contributed by atoms with Crippen molar-refractivity contribution >= 4 is 28.5 Å². The first-order valence-electron chi connectivity index (χ1n) is 10.3. The molecule has 0 atom stereocenters. The lowest BCUT2D eigenvalue weighted by atomic mass is 10.2. The third kappa shape index (κ3) is 4.15. The summed E-state index contributed by atoms with van der Waals surface area (Å²) >= 11 is 0. The van der Waals surface area contributed by atoms with Crippen molar-refractivity contribution in [2.75, 3.05) is 44.1 Å². The maximum absolute atomic E-state index is 9.50. The van der Waals surface area contributed by atoms with E-state index in [1.54, 1.807) is 25.1 Å². The van der Waals surface area contributed by atoms with E-state index in [0.29, 0.717) is 47.7 Å². The van der Waals surface area contributed by atoms with Gasteiger partial charge in [0, 0.05) is 19.2 Å². The number of aliphatic hydroxyl groups is 1. The molecule has 2 aromatic heterocycles. The molecule has 0 unspecified atom stereocenters. The molecule has 0 aliphatic carbocycles. The highest BCUT2D eigenvalue weighted by molar-refractivity contribution is 5.91. The van der Waals surface area contributed by atoms with Gasteiger partial charge in [0.25, 0.3) is 0 Å². The molecule has 0 bridgehead atoms. The van der Waals surface area contributed by atoms with Crippen LogP contribution in [0, 0.1) is 0 Å². The Hall–Kier alpha value is -3.85. The number of methoxy groups -OCH3 is 2. The van der Waals surface area contributed by atoms with Gasteiger partial charge in [0.2, 0.25) is 5.95 Å². The first-order valence-corrected chi connectivity index (χ1v) is 10.3. The second-order valence-electron chi connectivity index (χ2n) is 7.00. The van der Waals surface area contributed by atoms with Crippen molar-refractivity contribution in [1.29, 1.82) is 0 Å². The van der Waals surface area contributed by atoms with Crippen molar-refractivity contribution in [3.8, 4) is 17.2 Å². The molecule has 0 spiro atoms. The number of para-hydroxylation sites is 1. The van der Waals surface area contributed by atoms with E-state index in [9.17, 15) is 5.11 Å². The topological polar surface area (TPSA) is 97.6 Å². The molecule has 0 aliphatic rings. The SMILES string of the molecule is CCN(CCO)c1nc(Nc2cc(OC)ccc2OC)c2cnn(-c3ccccc3)c2n1. The summed E-state index contributed by atoms with van der Waals surface area (Å²) in [4.78, 5) is 11.5. The van der Waals surface area contributed by atoms with Crippen LogP contribution >= 0.6 is 0 Å². The van der Waals surface area contributed by atoms with E-state index in [0.717, 1.165) is 11.1 Å². The lowest BCUT2D eigenvalue weighted by Crippen LogP contribution is -2.28. The quantitative estimate of drug-likeness (QED) is 0.414. The minimum absolute atomic E-state index is 0.000344. The predicted molar refractivity (Wildman–Crippen MR) is 124 cm³/mol. The highest BCUT2D eigenvalue weighted by atomic mass is 16.5. The summed E-state index contributed by atoms with van der Waals surface area (Å²) in [6, 6.07) is 15.3. The molecule has 0 amide bonds. The third-order valence-electron chi connectivity index (χ3n) is 5.11. The first kappa shape index (κ1) is 21.4. The Balaban J connectivity index is 1.89. The highest BCUT2D eigenvalue weighted by Crippen LogP contribution is 2.34. The Morgan fingerprint density at radius 3 is 2.56 bits per heavy atom. The van der Waals surface area contributed by atoms with Gasteiger partial charge in [-0.2, -0.15) is 15.1 Å². The van der Waals surface area contributed by atoms with E-state index < -0.39 is 0 Å². The van der Waals surface area contributed by atoms with Crippen molar-refractivity contribution in [3.05, 3.63) is 54.7 Å². The summed E-state index contributed by atoms with van der Waals surface area (Å²) in [5.74, 6) is 2.41. The summed E-state index contributed by atoms with van der Waals surface area (Å²) in [7, 11) is 3.23. The van der Waals surface area contributed by atoms with E-state index in [-0.39, 0.29) is 6.61 Å². The van der Waals surface area contributed by atoms with Crippen LogP contribution in [0.2, 0.25) is 0 Å². The number of rotatable bonds is 9. The third-order valence-corrected chi connectivity index (χ3v) is 5.11. The van der Waals surface area contributed by atoms with Crippen molar-refractivity contribution in [2.24, 2.45) is 0 Å². The average molecular weight is 435 g/mol. The van der Waals surface area contributed by atoms with Crippen LogP contribution in [0.4, 0.5) is 17.5 Å². The zero-order chi connectivity index (χ0) is 22.5. The van der Waals surface area contributed by atoms with Crippen molar-refractivity contribution in [2.45, 2.75) is 6.92 Å². The molecule has 2 N–H and O–H groups in total. The van der Waals surface area contributed by atoms with Gasteiger partial charge in [-0.1, -0.05) is 18.2 Å². The van der Waals surface area contributed by atoms with Crippen LogP contribution in [-0.4, -0.2) is 58.8 Å². The molecule has 2 heterocycles. The van der Waals surface area contributed by atoms with Crippen molar-refractivity contribution in [1.82, 2.24) is 19.7 Å². The Kier molecular flexibility index (Phi) is 6.37. The van der Waals surface area contributed by atoms with Gasteiger partial charge in [0.1, 0.15) is 17.3 Å². The van der Waals surface area contributed by atoms with E-state index in [4.69, 9.17) is 19.4 Å². The summed E-state index contributed by atoms with van der Waals surface area (Å²) < 4.78 is 12.7. The highest BCUT2D eigenvalue weighted by Gasteiger charge is 2.18. The number of nitrogens with one attached hydrogen (secondary N) is 1. The normalized spacial score (nSPS) is 10.9. The smallest absolute Gasteiger partial charge is 0.229 e. The van der Waals surface area contributed by atoms with Crippen LogP contribution in [0.15, 0.2) is 54.7 Å². The van der Waals surface area contributed by atoms with Gasteiger partial charge in [0.15, 0.2) is 5.65 Å². The predicted octanol–water partition coefficient (Wildman–Crippen LogP) is 3.39. The molecule has 32 heavy (non-hydrogen) atoms. The molecule has 0 saturated carbocycles. The van der Waals surface area contributed by atoms with Crippen molar-refractivity contribution in [3.63, 3.8) is 0 Å². The number of aliphatic hydroxyl groups excluding tert-OH is 1. The maximum atomic E-state index is 9.50. The van der Waals surface area contributed by atoms with E-state index in [1.807, 2.05) is 60.4 Å². The van der Waals surface area contributed by atoms with E-state index >= 15 is 0 Å². The van der Waals surface area contributed by atoms with Gasteiger partial charge in [-0.25, -0.2) is 4.68 Å². The second-order valence-corrected chi connectivity index (χ2v) is 7.00. The summed E-state index contributed by atoms with van der Waals surface area (Å²) in [5, 5.41) is 18.2. The number of fused-ring (bicyclic) bond motifs is 1. The fourth-order valence-electron chi connectivity index (χ4n) is 3.45. The van der Waals surface area contributed by atoms with Gasteiger partial charge in [0.05, 0.1) is 43.8 Å². The zero-order valence-corrected chi connectivity index (χ0v) is 18.3. The molecular weight excluding hydrogens is 408 g/mol. The molecule has 0 aliphatic heterocycles. The molecule has 0 fully saturated rings. The lowest BCUT2D eigenvalue weighted by Gasteiger charge is -2.21. The molecule has 9 heteroatoms. The van der Waals surface area contributed by atoms with Crippen LogP contribution in [0.3, 0.4) is 0 Å². The zero-order valence-electron chi connectivity index (χ0n) is 18.3. The number of ether oxygens (including phenoxy) is 2. The maximum Gasteiger partial charge on any atom is 0.229 e. The minimum atomic E-state index is -0.000344. The van der Waals surface area contributed by atoms with E-state index in [2.05, 4.69) is 10.4 Å². The van der Waals surface area contributed by atoms with E-state index in [1.165, 1.54) is 0 Å². The number of hydrogen-bond acceptors (Lipinski definition) is 8. The summed E-state index contributed by atoms with van der Waals surface area (Å²) in [6.45, 7) is 3.06. The van der Waals surface area contributed by atoms with Crippen LogP contribution < -0.4 is 19.7 Å². The van der Waals surface area contributed by atoms with Crippen LogP contribution in [0.5, 0.6) is 11.5 Å². The fourth-order valence-corrected chi connectivity index (χ4v) is 3.45. The number of aromatic nitrogens is 4. The summed E-state index contributed by atoms with van der Waals surface area (Å²) in [5.41, 5.74) is 2.25. The molecule has 0 radical (unpaired) electrons. The van der Waals surface area contributed by atoms with Gasteiger partial charge in [-0.15, -0.1) is 0 Å². The number of nitrogens with zero attached hydrogens (tertiary/aromatic N) is 5. The first-order chi connectivity index (χ1) is 15.7. The van der Waals surface area contributed by atoms with Crippen LogP contribution in [0.1, 0.15) is 6.92 Å². The van der Waals surface area contributed by atoms with Crippen molar-refractivity contribution < 1.29 is 14.6 Å². The Labute approximate surface area is 186 Å². The standard InChI is InChI=1S/C23H26N6O3/c1-4-28(12-13-30)23-26-21(25-19-14-17(31-2)10-11-20(19)32-3)18-15-24-29(22(18)27-23)16-8-6-5-7-9-16/h5-11,14-15,30H,4,12-13H2,1-3H3,(H,25,26,27). The minimum Gasteiger partial charge on any atom is -0.497 e. The second kappa shape index (κ2) is 9.52. The Morgan fingerprint density at radius 2 is 1.88 bits per heavy atom. The number of hydrogen-bond donors (Lipinski definition) is 2. The van der Waals surface area contributed by atoms with Crippen LogP contribution in [0.25, 0.3) is 16.7 Å². The average Bonchev–Trinajstić information content (AvgIpc) is 3.27. The van der Waals surface area contributed by atoms with Gasteiger partial charge in [-0.3, -0.25) is 0 Å². The Morgan fingerprint density at radius 1 is 1.06 bits per heavy atom. The lowest BCUT2D eigenvalue weighted by molar-refractivity contribution is 0.302. The van der Waals surface area contributed by atoms with Crippen LogP contribution in [-0.2, 0) is 0 Å². The van der Waals surface area contributed by atoms with Gasteiger partial charge < -0.3 is 24.8 Å². The molecular formula is C23H26N6O3.